The standard InChI is InChI=1S/6Al.6H2O.6O.Sr/h;;;;;;6*1H2;;;;;;;/q6*+1;;;;;;;;;;;;;/p-6. The molecule has 0 saturated carbocycles. The largest absolute Gasteiger partial charge is 0 e. The van der Waals surface area contributed by atoms with Crippen LogP contribution in [-0.4, -0.2) is 163 Å². The monoisotopic (exact) mass is 448 g/mol. The maximum absolute atomic E-state index is 8.57. The fourth-order valence-corrected chi connectivity index (χ4v) is 0. The van der Waals surface area contributed by atoms with E-state index < -0.39 is 92.9 Å². The van der Waals surface area contributed by atoms with E-state index in [1.807, 2.05) is 0 Å². The smallest absolute Gasteiger partial charge is 0 e. The zero-order valence-electron chi connectivity index (χ0n) is 9.30. The van der Waals surface area contributed by atoms with Crippen molar-refractivity contribution in [3.05, 3.63) is 0 Å². The first-order chi connectivity index (χ1) is 8.49. The SMILES string of the molecule is [O]=[Al][OH].[O]=[Al][OH].[O]=[Al][OH].[O]=[Al][OH].[O]=[Al][OH].[O]=[Al][OH].[Sr]. The van der Waals surface area contributed by atoms with Crippen LogP contribution in [0.5, 0.6) is 0 Å². The molecule has 0 amide bonds. The third-order valence-corrected chi connectivity index (χ3v) is 0. The molecule has 98 valence electrons. The molecule has 0 unspecified atom stereocenters. The summed E-state index contributed by atoms with van der Waals surface area (Å²) in [7, 11) is 0. The predicted molar refractivity (Wildman–Crippen MR) is 57.7 cm³/mol. The summed E-state index contributed by atoms with van der Waals surface area (Å²) in [5.74, 6) is 0. The van der Waals surface area contributed by atoms with Gasteiger partial charge in [-0.1, -0.05) is 0 Å². The van der Waals surface area contributed by atoms with Crippen molar-refractivity contribution in [3.63, 3.8) is 0 Å². The molecule has 0 aliphatic heterocycles. The fraction of sp³-hybridized carbons (Fsp3) is 0. The van der Waals surface area contributed by atoms with Crippen molar-refractivity contribution >= 4 is 138 Å². The van der Waals surface area contributed by atoms with Crippen LogP contribution in [0, 0.1) is 0 Å². The summed E-state index contributed by atoms with van der Waals surface area (Å²) in [6, 6.07) is 0. The first-order valence-electron chi connectivity index (χ1n) is 2.96. The minimum atomic E-state index is -1.50. The van der Waals surface area contributed by atoms with Gasteiger partial charge >= 0.3 is 141 Å². The van der Waals surface area contributed by atoms with E-state index >= 15 is 0 Å². The maximum Gasteiger partial charge on any atom is 0 e. The molecule has 6 N–H and O–H groups in total. The van der Waals surface area contributed by atoms with Crippen LogP contribution in [-0.2, 0) is 22.8 Å². The quantitative estimate of drug-likeness (QED) is 0.191. The summed E-state index contributed by atoms with van der Waals surface area (Å²) < 4.78 is 94.0. The van der Waals surface area contributed by atoms with Crippen molar-refractivity contribution in [2.75, 3.05) is 0 Å². The third-order valence-electron chi connectivity index (χ3n) is 0. The molecule has 0 fully saturated rings. The van der Waals surface area contributed by atoms with Crippen molar-refractivity contribution in [1.29, 1.82) is 0 Å². The molecule has 0 aromatic heterocycles. The molecule has 0 saturated heterocycles. The van der Waals surface area contributed by atoms with Crippen molar-refractivity contribution < 1.29 is 47.8 Å². The zero-order chi connectivity index (χ0) is 16.2. The van der Waals surface area contributed by atoms with Crippen LogP contribution >= 0.6 is 0 Å². The first kappa shape index (κ1) is 42.9. The summed E-state index contributed by atoms with van der Waals surface area (Å²) in [6.07, 6.45) is 0. The van der Waals surface area contributed by atoms with Gasteiger partial charge in [0.2, 0.25) is 0 Å². The Bertz CT molecular complexity index is 114. The number of hydrogen-bond acceptors (Lipinski definition) is 6. The molecule has 0 heterocycles. The Kier molecular flexibility index (Phi) is 248. The predicted octanol–water partition coefficient (Wildman–Crippen LogP) is -6.72. The molecule has 2 radical (unpaired) electrons. The molecule has 0 spiro atoms. The van der Waals surface area contributed by atoms with Crippen molar-refractivity contribution in [2.45, 2.75) is 0 Å². The van der Waals surface area contributed by atoms with Crippen LogP contribution in [0.15, 0.2) is 0 Å². The Labute approximate surface area is 183 Å². The molecule has 0 bridgehead atoms. The van der Waals surface area contributed by atoms with Gasteiger partial charge in [0.1, 0.15) is 0 Å². The molecule has 0 aromatic rings. The molecule has 19 heavy (non-hydrogen) atoms. The van der Waals surface area contributed by atoms with Gasteiger partial charge in [-0.2, -0.15) is 0 Å². The van der Waals surface area contributed by atoms with Gasteiger partial charge in [-0.25, -0.2) is 0 Å². The van der Waals surface area contributed by atoms with E-state index in [1.165, 1.54) is 0 Å². The third kappa shape index (κ3) is 1310. The summed E-state index contributed by atoms with van der Waals surface area (Å²) in [6.45, 7) is 0. The minimum Gasteiger partial charge on any atom is 0 e. The van der Waals surface area contributed by atoms with Crippen molar-refractivity contribution in [3.8, 4) is 0 Å². The van der Waals surface area contributed by atoms with E-state index in [1.54, 1.807) is 0 Å². The molecule has 0 atom stereocenters. The zero-order valence-corrected chi connectivity index (χ0v) is 19.7. The molecule has 0 aromatic carbocycles. The Morgan fingerprint density at radius 2 is 0.368 bits per heavy atom. The fourth-order valence-electron chi connectivity index (χ4n) is 0. The van der Waals surface area contributed by atoms with Gasteiger partial charge in [0, 0.05) is 45.5 Å². The normalized spacial score (nSPS) is 2.53. The summed E-state index contributed by atoms with van der Waals surface area (Å²) in [5.41, 5.74) is 0. The second-order valence-corrected chi connectivity index (χ2v) is 1.90. The van der Waals surface area contributed by atoms with Crippen LogP contribution in [0.2, 0.25) is 0 Å². The van der Waals surface area contributed by atoms with Crippen LogP contribution in [0.3, 0.4) is 0 Å². The van der Waals surface area contributed by atoms with Gasteiger partial charge in [0.05, 0.1) is 0 Å². The van der Waals surface area contributed by atoms with E-state index in [-0.39, 0.29) is 45.5 Å². The van der Waals surface area contributed by atoms with Crippen molar-refractivity contribution in [2.24, 2.45) is 0 Å². The van der Waals surface area contributed by atoms with Gasteiger partial charge in [-0.05, 0) is 0 Å². The second kappa shape index (κ2) is 110. The summed E-state index contributed by atoms with van der Waals surface area (Å²) >= 11 is -9.00. The van der Waals surface area contributed by atoms with E-state index in [4.69, 9.17) is 47.8 Å². The van der Waals surface area contributed by atoms with Crippen LogP contribution in [0.25, 0.3) is 0 Å². The van der Waals surface area contributed by atoms with Gasteiger partial charge in [-0.15, -0.1) is 0 Å². The molecule has 12 nitrogen and oxygen atoms in total. The topological polar surface area (TPSA) is 224 Å². The Morgan fingerprint density at radius 1 is 0.368 bits per heavy atom. The van der Waals surface area contributed by atoms with Crippen molar-refractivity contribution in [1.82, 2.24) is 0 Å². The van der Waals surface area contributed by atoms with E-state index in [0.29, 0.717) is 0 Å². The maximum atomic E-state index is 8.57. The molecule has 0 aliphatic carbocycles. The Morgan fingerprint density at radius 3 is 0.368 bits per heavy atom. The molecule has 0 rings (SSSR count). The van der Waals surface area contributed by atoms with Crippen LogP contribution in [0.4, 0.5) is 0 Å². The Balaban J connectivity index is -0.0000000180. The molecule has 0 aliphatic rings. The van der Waals surface area contributed by atoms with Gasteiger partial charge in [0.25, 0.3) is 0 Å². The summed E-state index contributed by atoms with van der Waals surface area (Å²) in [4.78, 5) is 0. The first-order valence-corrected chi connectivity index (χ1v) is 8.89. The van der Waals surface area contributed by atoms with E-state index in [9.17, 15) is 0 Å². The summed E-state index contributed by atoms with van der Waals surface area (Å²) in [5, 5.41) is 0. The van der Waals surface area contributed by atoms with E-state index in [2.05, 4.69) is 0 Å². The average Bonchev–Trinajstić information content (AvgIpc) is 2.23. The van der Waals surface area contributed by atoms with Crippen LogP contribution < -0.4 is 0 Å². The van der Waals surface area contributed by atoms with Gasteiger partial charge in [0.15, 0.2) is 0 Å². The molecular formula is H6Al6O12Sr. The van der Waals surface area contributed by atoms with E-state index in [0.717, 1.165) is 0 Å². The Hall–Kier alpha value is 2.28. The van der Waals surface area contributed by atoms with Gasteiger partial charge < -0.3 is 0 Å². The molecule has 19 heteroatoms. The van der Waals surface area contributed by atoms with Gasteiger partial charge in [-0.3, -0.25) is 0 Å². The minimum absolute atomic E-state index is 0. The number of hydrogen-bond donors (Lipinski definition) is 6. The second-order valence-electron chi connectivity index (χ2n) is 0.632. The molecular weight excluding hydrogens is 442 g/mol. The number of rotatable bonds is 0. The average molecular weight is 448 g/mol. The van der Waals surface area contributed by atoms with Crippen LogP contribution in [0.1, 0.15) is 0 Å².